The van der Waals surface area contributed by atoms with E-state index in [-0.39, 0.29) is 41.6 Å². The monoisotopic (exact) mass is 328 g/mol. The molecule has 1 aromatic carbocycles. The molecule has 0 aromatic heterocycles. The maximum atomic E-state index is 12.8. The van der Waals surface area contributed by atoms with Crippen molar-refractivity contribution >= 4 is 17.6 Å². The number of amides is 2. The van der Waals surface area contributed by atoms with Crippen molar-refractivity contribution in [3.05, 3.63) is 35.4 Å². The molecule has 24 heavy (non-hydrogen) atoms. The zero-order valence-electron chi connectivity index (χ0n) is 14.1. The molecule has 2 aliphatic heterocycles. The van der Waals surface area contributed by atoms with Gasteiger partial charge < -0.3 is 11.1 Å². The summed E-state index contributed by atoms with van der Waals surface area (Å²) >= 11 is 0. The Hall–Kier alpha value is -2.21. The first-order valence-corrected chi connectivity index (χ1v) is 8.51. The number of hydrogen-bond acceptors (Lipinski definition) is 4. The minimum atomic E-state index is -0.340. The highest BCUT2D eigenvalue weighted by Crippen LogP contribution is 2.43. The van der Waals surface area contributed by atoms with E-state index in [4.69, 9.17) is 11.1 Å². The number of fused-ring (bicyclic) bond motifs is 1. The number of carbonyl (C=O) groups excluding carboxylic acids is 2. The van der Waals surface area contributed by atoms with Gasteiger partial charge >= 0.3 is 0 Å². The van der Waals surface area contributed by atoms with Crippen molar-refractivity contribution in [2.24, 2.45) is 17.6 Å². The highest BCUT2D eigenvalue weighted by atomic mass is 16.2. The maximum absolute atomic E-state index is 12.8. The Morgan fingerprint density at radius 3 is 2.42 bits per heavy atom. The molecular formula is C18H24N4O2. The summed E-state index contributed by atoms with van der Waals surface area (Å²) in [7, 11) is 0. The molecule has 2 aliphatic rings. The molecule has 4 unspecified atom stereocenters. The fourth-order valence-electron chi connectivity index (χ4n) is 3.85. The molecule has 6 nitrogen and oxygen atoms in total. The molecule has 0 spiro atoms. The SMILES string of the molecule is CCCCN1C(=O)C2C(C)NC(c3ccc(C(=N)N)cc3)C2C1=O. The number of nitrogens with zero attached hydrogens (tertiary/aromatic N) is 1. The van der Waals surface area contributed by atoms with Crippen molar-refractivity contribution in [2.75, 3.05) is 6.54 Å². The molecule has 2 amide bonds. The Balaban J connectivity index is 1.87. The second-order valence-corrected chi connectivity index (χ2v) is 6.70. The van der Waals surface area contributed by atoms with Crippen LogP contribution in [0.4, 0.5) is 0 Å². The number of imide groups is 1. The van der Waals surface area contributed by atoms with E-state index in [2.05, 4.69) is 12.2 Å². The van der Waals surface area contributed by atoms with E-state index in [1.807, 2.05) is 19.1 Å². The summed E-state index contributed by atoms with van der Waals surface area (Å²) in [4.78, 5) is 26.9. The smallest absolute Gasteiger partial charge is 0.235 e. The Labute approximate surface area is 141 Å². The third-order valence-electron chi connectivity index (χ3n) is 5.15. The largest absolute Gasteiger partial charge is 0.384 e. The first kappa shape index (κ1) is 16.6. The van der Waals surface area contributed by atoms with Gasteiger partial charge in [0, 0.05) is 24.2 Å². The minimum absolute atomic E-state index is 0.0186. The fourth-order valence-corrected chi connectivity index (χ4v) is 3.85. The number of nitrogens with two attached hydrogens (primary N) is 1. The molecule has 2 saturated heterocycles. The van der Waals surface area contributed by atoms with Gasteiger partial charge in [0.1, 0.15) is 5.84 Å². The summed E-state index contributed by atoms with van der Waals surface area (Å²) in [6.45, 7) is 4.54. The summed E-state index contributed by atoms with van der Waals surface area (Å²) < 4.78 is 0. The molecule has 2 heterocycles. The quantitative estimate of drug-likeness (QED) is 0.432. The third kappa shape index (κ3) is 2.60. The van der Waals surface area contributed by atoms with Crippen LogP contribution in [0.5, 0.6) is 0 Å². The molecule has 0 aliphatic carbocycles. The number of unbranched alkanes of at least 4 members (excludes halogenated alkanes) is 1. The van der Waals surface area contributed by atoms with Crippen molar-refractivity contribution in [3.8, 4) is 0 Å². The van der Waals surface area contributed by atoms with Crippen molar-refractivity contribution < 1.29 is 9.59 Å². The number of rotatable bonds is 5. The molecular weight excluding hydrogens is 304 g/mol. The van der Waals surface area contributed by atoms with Gasteiger partial charge in [-0.15, -0.1) is 0 Å². The second-order valence-electron chi connectivity index (χ2n) is 6.70. The Bertz CT molecular complexity index is 670. The van der Waals surface area contributed by atoms with E-state index in [1.165, 1.54) is 4.90 Å². The van der Waals surface area contributed by atoms with E-state index in [0.717, 1.165) is 18.4 Å². The standard InChI is InChI=1S/C18H24N4O2/c1-3-4-9-22-17(23)13-10(2)21-15(14(13)18(22)24)11-5-7-12(8-6-11)16(19)20/h5-8,10,13-15,21H,3-4,9H2,1-2H3,(H3,19,20). The number of nitrogen functional groups attached to an aromatic ring is 1. The summed E-state index contributed by atoms with van der Waals surface area (Å²) in [6.07, 6.45) is 1.80. The molecule has 0 bridgehead atoms. The average molecular weight is 328 g/mol. The molecule has 0 saturated carbocycles. The predicted molar refractivity (Wildman–Crippen MR) is 91.4 cm³/mol. The number of carbonyl (C=O) groups is 2. The van der Waals surface area contributed by atoms with Gasteiger partial charge in [0.05, 0.1) is 11.8 Å². The molecule has 1 aromatic rings. The zero-order chi connectivity index (χ0) is 17.4. The Morgan fingerprint density at radius 1 is 1.21 bits per heavy atom. The number of nitrogens with one attached hydrogen (secondary N) is 2. The lowest BCUT2D eigenvalue weighted by atomic mass is 9.87. The molecule has 2 fully saturated rings. The highest BCUT2D eigenvalue weighted by Gasteiger charge is 2.57. The van der Waals surface area contributed by atoms with Crippen LogP contribution in [0.15, 0.2) is 24.3 Å². The van der Waals surface area contributed by atoms with Gasteiger partial charge in [0.2, 0.25) is 11.8 Å². The molecule has 6 heteroatoms. The first-order chi connectivity index (χ1) is 11.5. The zero-order valence-corrected chi connectivity index (χ0v) is 14.1. The van der Waals surface area contributed by atoms with Crippen LogP contribution in [0.3, 0.4) is 0 Å². The van der Waals surface area contributed by atoms with Gasteiger partial charge in [-0.1, -0.05) is 37.6 Å². The lowest BCUT2D eigenvalue weighted by Crippen LogP contribution is -2.38. The van der Waals surface area contributed by atoms with E-state index in [1.54, 1.807) is 12.1 Å². The molecule has 128 valence electrons. The summed E-state index contributed by atoms with van der Waals surface area (Å²) in [5, 5.41) is 10.9. The van der Waals surface area contributed by atoms with Crippen molar-refractivity contribution in [3.63, 3.8) is 0 Å². The van der Waals surface area contributed by atoms with Gasteiger partial charge in [-0.2, -0.15) is 0 Å². The lowest BCUT2D eigenvalue weighted by molar-refractivity contribution is -0.140. The normalized spacial score (nSPS) is 29.2. The van der Waals surface area contributed by atoms with Gasteiger partial charge in [-0.25, -0.2) is 0 Å². The molecule has 3 rings (SSSR count). The average Bonchev–Trinajstić information content (AvgIpc) is 3.03. The van der Waals surface area contributed by atoms with Crippen LogP contribution >= 0.6 is 0 Å². The van der Waals surface area contributed by atoms with Crippen molar-refractivity contribution in [1.29, 1.82) is 5.41 Å². The maximum Gasteiger partial charge on any atom is 0.235 e. The fraction of sp³-hybridized carbons (Fsp3) is 0.500. The first-order valence-electron chi connectivity index (χ1n) is 8.51. The van der Waals surface area contributed by atoms with E-state index < -0.39 is 0 Å². The topological polar surface area (TPSA) is 99.3 Å². The van der Waals surface area contributed by atoms with Gasteiger partial charge in [-0.05, 0) is 18.9 Å². The molecule has 0 radical (unpaired) electrons. The summed E-state index contributed by atoms with van der Waals surface area (Å²) in [5.41, 5.74) is 7.10. The van der Waals surface area contributed by atoms with Gasteiger partial charge in [0.25, 0.3) is 0 Å². The van der Waals surface area contributed by atoms with Crippen LogP contribution in [-0.4, -0.2) is 35.1 Å². The van der Waals surface area contributed by atoms with E-state index in [9.17, 15) is 9.59 Å². The van der Waals surface area contributed by atoms with Crippen molar-refractivity contribution in [1.82, 2.24) is 10.2 Å². The van der Waals surface area contributed by atoms with Gasteiger partial charge in [0.15, 0.2) is 0 Å². The van der Waals surface area contributed by atoms with Crippen LogP contribution in [0.2, 0.25) is 0 Å². The lowest BCUT2D eigenvalue weighted by Gasteiger charge is -2.21. The molecule has 4 atom stereocenters. The molecule has 4 N–H and O–H groups in total. The van der Waals surface area contributed by atoms with E-state index in [0.29, 0.717) is 12.1 Å². The Kier molecular flexibility index (Phi) is 4.41. The summed E-state index contributed by atoms with van der Waals surface area (Å²) in [5.74, 6) is -0.707. The highest BCUT2D eigenvalue weighted by molar-refractivity contribution is 6.06. The number of benzene rings is 1. The van der Waals surface area contributed by atoms with Crippen LogP contribution in [0.25, 0.3) is 0 Å². The number of hydrogen-bond donors (Lipinski definition) is 3. The van der Waals surface area contributed by atoms with Gasteiger partial charge in [-0.3, -0.25) is 19.9 Å². The van der Waals surface area contributed by atoms with Crippen LogP contribution in [0.1, 0.15) is 43.9 Å². The number of amidine groups is 1. The van der Waals surface area contributed by atoms with Crippen LogP contribution in [-0.2, 0) is 9.59 Å². The third-order valence-corrected chi connectivity index (χ3v) is 5.15. The predicted octanol–water partition coefficient (Wildman–Crippen LogP) is 1.40. The van der Waals surface area contributed by atoms with Crippen LogP contribution in [0, 0.1) is 17.2 Å². The number of likely N-dealkylation sites (tertiary alicyclic amines) is 1. The van der Waals surface area contributed by atoms with Crippen LogP contribution < -0.4 is 11.1 Å². The van der Waals surface area contributed by atoms with E-state index >= 15 is 0 Å². The van der Waals surface area contributed by atoms with Crippen molar-refractivity contribution in [2.45, 2.75) is 38.8 Å². The Morgan fingerprint density at radius 2 is 1.83 bits per heavy atom. The summed E-state index contributed by atoms with van der Waals surface area (Å²) in [6, 6.07) is 7.14. The minimum Gasteiger partial charge on any atom is -0.384 e. The second kappa shape index (κ2) is 6.36.